The Balaban J connectivity index is 2.32. The Morgan fingerprint density at radius 2 is 1.69 bits per heavy atom. The summed E-state index contributed by atoms with van der Waals surface area (Å²) in [5.41, 5.74) is -0.708. The van der Waals surface area contributed by atoms with Crippen LogP contribution in [0.5, 0.6) is 11.5 Å². The average molecular weight is 504 g/mol. The van der Waals surface area contributed by atoms with Crippen LogP contribution in [-0.4, -0.2) is 22.6 Å². The van der Waals surface area contributed by atoms with Gasteiger partial charge in [0.05, 0.1) is 18.7 Å². The molecule has 0 spiro atoms. The molecule has 0 radical (unpaired) electrons. The lowest BCUT2D eigenvalue weighted by atomic mass is 10.2. The third-order valence-electron chi connectivity index (χ3n) is 3.67. The van der Waals surface area contributed by atoms with Crippen LogP contribution in [0.25, 0.3) is 11.0 Å². The number of ether oxygens (including phenoxy) is 2. The lowest BCUT2D eigenvalue weighted by Gasteiger charge is -2.11. The number of fused-ring (bicyclic) bond motifs is 1. The fourth-order valence-electron chi connectivity index (χ4n) is 2.44. The molecule has 6 nitrogen and oxygen atoms in total. The van der Waals surface area contributed by atoms with E-state index in [0.29, 0.717) is 20.1 Å². The van der Waals surface area contributed by atoms with Gasteiger partial charge < -0.3 is 13.9 Å². The fraction of sp³-hybridized carbons (Fsp3) is 0.118. The molecule has 1 heterocycles. The zero-order chi connectivity index (χ0) is 19.1. The van der Waals surface area contributed by atoms with Crippen molar-refractivity contribution in [3.8, 4) is 11.5 Å². The molecule has 0 fully saturated rings. The standard InChI is InChI=1S/C17H12Br2O6S/c1-23-11-3-4-13(24-2)14(8-11)26(21,22)15-6-9-5-10(18)7-12(19)16(9)25-17(15)20/h3-8H,1-2H3. The van der Waals surface area contributed by atoms with Crippen molar-refractivity contribution in [1.29, 1.82) is 0 Å². The van der Waals surface area contributed by atoms with E-state index in [-0.39, 0.29) is 16.2 Å². The summed E-state index contributed by atoms with van der Waals surface area (Å²) in [7, 11) is -1.44. The zero-order valence-corrected chi connectivity index (χ0v) is 17.6. The topological polar surface area (TPSA) is 82.8 Å². The van der Waals surface area contributed by atoms with E-state index >= 15 is 0 Å². The Hall–Kier alpha value is -1.84. The summed E-state index contributed by atoms with van der Waals surface area (Å²) in [5.74, 6) is 0.417. The highest BCUT2D eigenvalue weighted by atomic mass is 79.9. The summed E-state index contributed by atoms with van der Waals surface area (Å²) < 4.78 is 42.9. The zero-order valence-electron chi connectivity index (χ0n) is 13.6. The van der Waals surface area contributed by atoms with Gasteiger partial charge in [-0.1, -0.05) is 15.9 Å². The van der Waals surface area contributed by atoms with Crippen LogP contribution in [0.3, 0.4) is 0 Å². The third kappa shape index (κ3) is 3.26. The van der Waals surface area contributed by atoms with Crippen LogP contribution >= 0.6 is 31.9 Å². The van der Waals surface area contributed by atoms with Crippen LogP contribution < -0.4 is 15.1 Å². The predicted molar refractivity (Wildman–Crippen MR) is 103 cm³/mol. The molecule has 26 heavy (non-hydrogen) atoms. The average Bonchev–Trinajstić information content (AvgIpc) is 2.61. The first kappa shape index (κ1) is 18.9. The van der Waals surface area contributed by atoms with Crippen LogP contribution in [-0.2, 0) is 9.84 Å². The Bertz CT molecular complexity index is 1170. The fourth-order valence-corrected chi connectivity index (χ4v) is 5.24. The van der Waals surface area contributed by atoms with Crippen molar-refractivity contribution < 1.29 is 22.3 Å². The van der Waals surface area contributed by atoms with Gasteiger partial charge in [-0.15, -0.1) is 0 Å². The number of hydrogen-bond acceptors (Lipinski definition) is 6. The van der Waals surface area contributed by atoms with Crippen molar-refractivity contribution in [2.45, 2.75) is 9.79 Å². The van der Waals surface area contributed by atoms with Gasteiger partial charge in [0.25, 0.3) is 0 Å². The van der Waals surface area contributed by atoms with Gasteiger partial charge in [-0.2, -0.15) is 0 Å². The molecule has 0 saturated heterocycles. The molecule has 0 amide bonds. The quantitative estimate of drug-likeness (QED) is 0.497. The minimum absolute atomic E-state index is 0.0979. The maximum Gasteiger partial charge on any atom is 0.355 e. The smallest absolute Gasteiger partial charge is 0.355 e. The highest BCUT2D eigenvalue weighted by Crippen LogP contribution is 2.34. The monoisotopic (exact) mass is 502 g/mol. The Labute approximate surface area is 165 Å². The molecule has 0 N–H and O–H groups in total. The van der Waals surface area contributed by atoms with E-state index in [4.69, 9.17) is 13.9 Å². The number of hydrogen-bond donors (Lipinski definition) is 0. The van der Waals surface area contributed by atoms with Crippen LogP contribution in [0.4, 0.5) is 0 Å². The molecule has 9 heteroatoms. The number of rotatable bonds is 4. The van der Waals surface area contributed by atoms with E-state index in [1.807, 2.05) is 0 Å². The van der Waals surface area contributed by atoms with Gasteiger partial charge in [0.15, 0.2) is 10.5 Å². The number of benzene rings is 2. The molecule has 3 aromatic rings. The predicted octanol–water partition coefficient (Wildman–Crippen LogP) is 4.17. The first-order chi connectivity index (χ1) is 12.3. The maximum absolute atomic E-state index is 13.1. The normalized spacial score (nSPS) is 11.5. The van der Waals surface area contributed by atoms with Gasteiger partial charge in [-0.25, -0.2) is 13.2 Å². The van der Waals surface area contributed by atoms with E-state index in [1.165, 1.54) is 32.4 Å². The Morgan fingerprint density at radius 3 is 2.35 bits per heavy atom. The number of sulfone groups is 1. The molecule has 1 aromatic heterocycles. The summed E-state index contributed by atoms with van der Waals surface area (Å²) in [6.07, 6.45) is 0. The third-order valence-corrected chi connectivity index (χ3v) is 6.48. The van der Waals surface area contributed by atoms with E-state index < -0.39 is 20.4 Å². The summed E-state index contributed by atoms with van der Waals surface area (Å²) in [6.45, 7) is 0. The molecule has 0 aliphatic rings. The lowest BCUT2D eigenvalue weighted by molar-refractivity contribution is 0.392. The van der Waals surface area contributed by atoms with Crippen molar-refractivity contribution in [2.75, 3.05) is 14.2 Å². The SMILES string of the molecule is COc1ccc(OC)c(S(=O)(=O)c2cc3cc(Br)cc(Br)c3oc2=O)c1. The van der Waals surface area contributed by atoms with Crippen LogP contribution in [0.2, 0.25) is 0 Å². The highest BCUT2D eigenvalue weighted by molar-refractivity contribution is 9.11. The maximum atomic E-state index is 13.1. The molecule has 0 aliphatic carbocycles. The molecule has 2 aromatic carbocycles. The van der Waals surface area contributed by atoms with Gasteiger partial charge in [-0.3, -0.25) is 0 Å². The first-order valence-electron chi connectivity index (χ1n) is 7.18. The molecule has 0 bridgehead atoms. The largest absolute Gasteiger partial charge is 0.497 e. The highest BCUT2D eigenvalue weighted by Gasteiger charge is 2.28. The van der Waals surface area contributed by atoms with E-state index in [1.54, 1.807) is 18.2 Å². The van der Waals surface area contributed by atoms with Gasteiger partial charge >= 0.3 is 5.63 Å². The molecular formula is C17H12Br2O6S. The molecule has 3 rings (SSSR count). The summed E-state index contributed by atoms with van der Waals surface area (Å²) >= 11 is 6.62. The molecule has 0 aliphatic heterocycles. The first-order valence-corrected chi connectivity index (χ1v) is 10.2. The minimum atomic E-state index is -4.20. The molecule has 0 unspecified atom stereocenters. The van der Waals surface area contributed by atoms with Crippen molar-refractivity contribution in [1.82, 2.24) is 0 Å². The second-order valence-corrected chi connectivity index (χ2v) is 8.88. The second kappa shape index (κ2) is 7.05. The van der Waals surface area contributed by atoms with E-state index in [0.717, 1.165) is 0 Å². The number of halogens is 2. The van der Waals surface area contributed by atoms with Gasteiger partial charge in [0.1, 0.15) is 16.4 Å². The van der Waals surface area contributed by atoms with Crippen molar-refractivity contribution >= 4 is 52.7 Å². The second-order valence-electron chi connectivity index (χ2n) is 5.22. The summed E-state index contributed by atoms with van der Waals surface area (Å²) in [4.78, 5) is 11.7. The van der Waals surface area contributed by atoms with Gasteiger partial charge in [0, 0.05) is 15.9 Å². The van der Waals surface area contributed by atoms with Crippen molar-refractivity contribution in [3.05, 3.63) is 55.8 Å². The van der Waals surface area contributed by atoms with Crippen molar-refractivity contribution in [3.63, 3.8) is 0 Å². The summed E-state index contributed by atoms with van der Waals surface area (Å²) in [6, 6.07) is 8.96. The molecule has 136 valence electrons. The van der Waals surface area contributed by atoms with Gasteiger partial charge in [0.2, 0.25) is 9.84 Å². The minimum Gasteiger partial charge on any atom is -0.497 e. The van der Waals surface area contributed by atoms with Crippen LogP contribution in [0, 0.1) is 0 Å². The Morgan fingerprint density at radius 1 is 0.962 bits per heavy atom. The van der Waals surface area contributed by atoms with E-state index in [2.05, 4.69) is 31.9 Å². The molecular weight excluding hydrogens is 492 g/mol. The number of methoxy groups -OCH3 is 2. The van der Waals surface area contributed by atoms with Gasteiger partial charge in [-0.05, 0) is 46.3 Å². The van der Waals surface area contributed by atoms with E-state index in [9.17, 15) is 13.2 Å². The summed E-state index contributed by atoms with van der Waals surface area (Å²) in [5, 5.41) is 0.450. The molecule has 0 saturated carbocycles. The van der Waals surface area contributed by atoms with Crippen LogP contribution in [0.1, 0.15) is 0 Å². The lowest BCUT2D eigenvalue weighted by Crippen LogP contribution is -2.15. The van der Waals surface area contributed by atoms with Crippen LogP contribution in [0.15, 0.2) is 64.3 Å². The Kier molecular flexibility index (Phi) is 5.14. The molecule has 0 atom stereocenters. The van der Waals surface area contributed by atoms with Crippen molar-refractivity contribution in [2.24, 2.45) is 0 Å².